The number of rotatable bonds is 2. The van der Waals surface area contributed by atoms with Crippen LogP contribution in [0.5, 0.6) is 5.88 Å². The van der Waals surface area contributed by atoms with Gasteiger partial charge in [-0.3, -0.25) is 9.56 Å². The standard InChI is InChI=1S/C17H14N4OS2/c1-10-9-23-16(19-10)20-17-21(2)15(22)14(24-17)7-11-8-18-13-6-4-3-5-12(11)13/h3-9,22H,1-2H3/b11-7+,20-17+. The molecule has 2 aromatic heterocycles. The second-order valence-corrected chi connectivity index (χ2v) is 7.24. The summed E-state index contributed by atoms with van der Waals surface area (Å²) < 4.78 is 1.67. The maximum atomic E-state index is 10.4. The number of hydrogen-bond donors (Lipinski definition) is 1. The van der Waals surface area contributed by atoms with Crippen molar-refractivity contribution in [3.05, 3.63) is 50.6 Å². The second-order valence-electron chi connectivity index (χ2n) is 5.39. The number of aliphatic imine (C=N–C) groups is 1. The van der Waals surface area contributed by atoms with Crippen LogP contribution in [0.1, 0.15) is 16.1 Å². The maximum absolute atomic E-state index is 10.4. The third-order valence-electron chi connectivity index (χ3n) is 3.67. The molecule has 0 radical (unpaired) electrons. The van der Waals surface area contributed by atoms with Gasteiger partial charge in [-0.2, -0.15) is 4.99 Å². The first-order valence-corrected chi connectivity index (χ1v) is 9.02. The number of benzene rings is 1. The topological polar surface area (TPSA) is 62.8 Å². The molecule has 7 heteroatoms. The van der Waals surface area contributed by atoms with E-state index in [2.05, 4.69) is 15.0 Å². The molecule has 0 unspecified atom stereocenters. The van der Waals surface area contributed by atoms with Crippen LogP contribution in [0.2, 0.25) is 0 Å². The molecule has 4 rings (SSSR count). The normalized spacial score (nSPS) is 15.4. The monoisotopic (exact) mass is 354 g/mol. The van der Waals surface area contributed by atoms with Crippen molar-refractivity contribution in [1.82, 2.24) is 9.55 Å². The Labute approximate surface area is 146 Å². The van der Waals surface area contributed by atoms with Gasteiger partial charge in [0.1, 0.15) is 0 Å². The van der Waals surface area contributed by atoms with E-state index in [1.54, 1.807) is 11.6 Å². The number of thiazole rings is 2. The molecule has 0 saturated heterocycles. The van der Waals surface area contributed by atoms with E-state index in [0.717, 1.165) is 27.4 Å². The molecule has 3 aromatic rings. The fraction of sp³-hybridized carbons (Fsp3) is 0.118. The third kappa shape index (κ3) is 2.61. The lowest BCUT2D eigenvalue weighted by Gasteiger charge is -1.98. The minimum absolute atomic E-state index is 0.192. The number of aromatic hydroxyl groups is 1. The number of hydrogen-bond acceptors (Lipinski definition) is 6. The van der Waals surface area contributed by atoms with Crippen LogP contribution in [0, 0.1) is 6.92 Å². The molecular weight excluding hydrogens is 340 g/mol. The molecule has 0 amide bonds. The van der Waals surface area contributed by atoms with Gasteiger partial charge in [0.15, 0.2) is 4.80 Å². The van der Waals surface area contributed by atoms with Crippen molar-refractivity contribution in [3.8, 4) is 5.88 Å². The highest BCUT2D eigenvalue weighted by molar-refractivity contribution is 7.13. The summed E-state index contributed by atoms with van der Waals surface area (Å²) in [5, 5.41) is 13.1. The average Bonchev–Trinajstić information content (AvgIpc) is 3.24. The quantitative estimate of drug-likeness (QED) is 0.755. The summed E-state index contributed by atoms with van der Waals surface area (Å²) in [5.74, 6) is 0.192. The van der Waals surface area contributed by atoms with Crippen molar-refractivity contribution in [1.29, 1.82) is 0 Å². The number of aromatic nitrogens is 2. The van der Waals surface area contributed by atoms with E-state index in [-0.39, 0.29) is 5.88 Å². The average molecular weight is 354 g/mol. The zero-order chi connectivity index (χ0) is 16.7. The van der Waals surface area contributed by atoms with Gasteiger partial charge in [-0.1, -0.05) is 29.5 Å². The van der Waals surface area contributed by atoms with Gasteiger partial charge < -0.3 is 5.11 Å². The predicted octanol–water partition coefficient (Wildman–Crippen LogP) is 4.05. The van der Waals surface area contributed by atoms with E-state index in [9.17, 15) is 5.11 Å². The number of fused-ring (bicyclic) bond motifs is 1. The lowest BCUT2D eigenvalue weighted by atomic mass is 10.1. The van der Waals surface area contributed by atoms with Gasteiger partial charge in [0.2, 0.25) is 11.0 Å². The summed E-state index contributed by atoms with van der Waals surface area (Å²) in [5.41, 5.74) is 3.96. The molecule has 3 heterocycles. The van der Waals surface area contributed by atoms with Gasteiger partial charge in [-0.25, -0.2) is 4.98 Å². The molecule has 1 aliphatic rings. The molecule has 0 saturated carbocycles. The summed E-state index contributed by atoms with van der Waals surface area (Å²) in [6.45, 7) is 1.94. The van der Waals surface area contributed by atoms with Gasteiger partial charge in [-0.15, -0.1) is 11.3 Å². The number of allylic oxidation sites excluding steroid dienone is 1. The smallest absolute Gasteiger partial charge is 0.211 e. The number of aryl methyl sites for hydroxylation is 1. The largest absolute Gasteiger partial charge is 0.493 e. The molecule has 5 nitrogen and oxygen atoms in total. The van der Waals surface area contributed by atoms with Crippen molar-refractivity contribution in [2.24, 2.45) is 17.0 Å². The molecular formula is C17H14N4OS2. The van der Waals surface area contributed by atoms with E-state index in [0.29, 0.717) is 9.93 Å². The zero-order valence-corrected chi connectivity index (χ0v) is 14.7. The van der Waals surface area contributed by atoms with E-state index in [1.807, 2.05) is 48.9 Å². The van der Waals surface area contributed by atoms with Crippen molar-refractivity contribution in [2.75, 3.05) is 0 Å². The molecule has 24 heavy (non-hydrogen) atoms. The van der Waals surface area contributed by atoms with E-state index in [4.69, 9.17) is 0 Å². The molecule has 0 aliphatic carbocycles. The highest BCUT2D eigenvalue weighted by atomic mass is 32.1. The van der Waals surface area contributed by atoms with Gasteiger partial charge in [0.05, 0.1) is 16.3 Å². The summed E-state index contributed by atoms with van der Waals surface area (Å²) in [6, 6.07) is 7.96. The van der Waals surface area contributed by atoms with Gasteiger partial charge in [0, 0.05) is 29.8 Å². The Morgan fingerprint density at radius 2 is 2.12 bits per heavy atom. The van der Waals surface area contributed by atoms with Crippen LogP contribution >= 0.6 is 22.7 Å². The van der Waals surface area contributed by atoms with Crippen LogP contribution < -0.4 is 4.80 Å². The molecule has 0 bridgehead atoms. The van der Waals surface area contributed by atoms with Crippen LogP contribution in [0.3, 0.4) is 0 Å². The molecule has 1 aliphatic heterocycles. The van der Waals surface area contributed by atoms with Gasteiger partial charge in [0.25, 0.3) is 0 Å². The Kier molecular flexibility index (Phi) is 3.66. The number of nitrogens with zero attached hydrogens (tertiary/aromatic N) is 4. The van der Waals surface area contributed by atoms with E-state index >= 15 is 0 Å². The third-order valence-corrected chi connectivity index (χ3v) is 5.59. The van der Waals surface area contributed by atoms with Crippen molar-refractivity contribution < 1.29 is 5.11 Å². The Balaban J connectivity index is 1.79. The van der Waals surface area contributed by atoms with E-state index in [1.165, 1.54) is 22.7 Å². The summed E-state index contributed by atoms with van der Waals surface area (Å²) in [7, 11) is 1.80. The molecule has 120 valence electrons. The molecule has 0 fully saturated rings. The summed E-state index contributed by atoms with van der Waals surface area (Å²) >= 11 is 2.92. The highest BCUT2D eigenvalue weighted by Crippen LogP contribution is 2.34. The fourth-order valence-corrected chi connectivity index (χ4v) is 4.12. The molecule has 0 atom stereocenters. The summed E-state index contributed by atoms with van der Waals surface area (Å²) in [4.78, 5) is 14.7. The predicted molar refractivity (Wildman–Crippen MR) is 99.5 cm³/mol. The summed E-state index contributed by atoms with van der Waals surface area (Å²) in [6.07, 6.45) is 3.77. The first-order valence-electron chi connectivity index (χ1n) is 7.32. The highest BCUT2D eigenvalue weighted by Gasteiger charge is 2.14. The minimum atomic E-state index is 0.192. The zero-order valence-electron chi connectivity index (χ0n) is 13.1. The molecule has 0 spiro atoms. The number of para-hydroxylation sites is 1. The SMILES string of the molecule is Cc1csc(/N=c2/sc(/C=C3\C=Nc4ccccc43)c(O)n2C)n1. The lowest BCUT2D eigenvalue weighted by molar-refractivity contribution is 0.427. The van der Waals surface area contributed by atoms with Crippen molar-refractivity contribution in [2.45, 2.75) is 6.92 Å². The molecule has 1 N–H and O–H groups in total. The Hall–Kier alpha value is -2.51. The first-order chi connectivity index (χ1) is 11.6. The van der Waals surface area contributed by atoms with Crippen molar-refractivity contribution >= 4 is 51.4 Å². The maximum Gasteiger partial charge on any atom is 0.211 e. The van der Waals surface area contributed by atoms with Crippen LogP contribution in [0.25, 0.3) is 11.6 Å². The fourth-order valence-electron chi connectivity index (χ4n) is 2.43. The van der Waals surface area contributed by atoms with Crippen LogP contribution in [0.15, 0.2) is 39.6 Å². The Morgan fingerprint density at radius 1 is 1.29 bits per heavy atom. The van der Waals surface area contributed by atoms with E-state index < -0.39 is 0 Å². The van der Waals surface area contributed by atoms with Crippen molar-refractivity contribution in [3.63, 3.8) is 0 Å². The van der Waals surface area contributed by atoms with Crippen LogP contribution in [-0.2, 0) is 7.05 Å². The van der Waals surface area contributed by atoms with Gasteiger partial charge >= 0.3 is 0 Å². The first kappa shape index (κ1) is 15.0. The lowest BCUT2D eigenvalue weighted by Crippen LogP contribution is -2.08. The molecule has 1 aromatic carbocycles. The van der Waals surface area contributed by atoms with Crippen LogP contribution in [-0.4, -0.2) is 20.9 Å². The van der Waals surface area contributed by atoms with Crippen LogP contribution in [0.4, 0.5) is 10.8 Å². The second kappa shape index (κ2) is 5.85. The van der Waals surface area contributed by atoms with Gasteiger partial charge in [-0.05, 0) is 19.1 Å². The Bertz CT molecular complexity index is 1050. The minimum Gasteiger partial charge on any atom is -0.493 e. The Morgan fingerprint density at radius 3 is 2.92 bits per heavy atom.